The van der Waals surface area contributed by atoms with Crippen molar-refractivity contribution in [3.8, 4) is 28.8 Å². The highest BCUT2D eigenvalue weighted by atomic mass is 35.5. The first-order valence-electron chi connectivity index (χ1n) is 9.88. The van der Waals surface area contributed by atoms with E-state index in [0.29, 0.717) is 38.9 Å². The summed E-state index contributed by atoms with van der Waals surface area (Å²) in [4.78, 5) is 12.0. The monoisotopic (exact) mass is 487 g/mol. The topological polar surface area (TPSA) is 99.9 Å². The van der Waals surface area contributed by atoms with Gasteiger partial charge in [0.15, 0.2) is 18.1 Å². The summed E-state index contributed by atoms with van der Waals surface area (Å²) in [5.41, 5.74) is 1.32. The number of carbonyl (C=O) groups excluding carboxylic acids is 1. The highest BCUT2D eigenvalue weighted by Crippen LogP contribution is 2.29. The summed E-state index contributed by atoms with van der Waals surface area (Å²) in [6.07, 6.45) is 0. The number of fused-ring (bicyclic) bond motifs is 1. The van der Waals surface area contributed by atoms with E-state index in [4.69, 9.17) is 37.4 Å². The first-order chi connectivity index (χ1) is 16.0. The number of nitrogens with zero attached hydrogens (tertiary/aromatic N) is 4. The molecule has 2 heterocycles. The number of nitrogens with one attached hydrogen (secondary N) is 1. The molecule has 0 aliphatic carbocycles. The van der Waals surface area contributed by atoms with Crippen LogP contribution >= 0.6 is 23.2 Å². The second-order valence-electron chi connectivity index (χ2n) is 6.73. The molecule has 1 N–H and O–H groups in total. The van der Waals surface area contributed by atoms with E-state index in [2.05, 4.69) is 20.6 Å². The van der Waals surface area contributed by atoms with Gasteiger partial charge in [-0.15, -0.1) is 15.3 Å². The lowest BCUT2D eigenvalue weighted by Crippen LogP contribution is -2.32. The molecule has 0 spiro atoms. The first kappa shape index (κ1) is 22.6. The molecule has 33 heavy (non-hydrogen) atoms. The quantitative estimate of drug-likeness (QED) is 0.359. The molecule has 170 valence electrons. The van der Waals surface area contributed by atoms with E-state index >= 15 is 0 Å². The van der Waals surface area contributed by atoms with Crippen molar-refractivity contribution in [3.63, 3.8) is 0 Å². The summed E-state index contributed by atoms with van der Waals surface area (Å²) in [6, 6.07) is 15.7. The zero-order valence-corrected chi connectivity index (χ0v) is 19.0. The largest absolute Gasteiger partial charge is 0.496 e. The van der Waals surface area contributed by atoms with E-state index in [0.717, 1.165) is 5.56 Å². The lowest BCUT2D eigenvalue weighted by atomic mass is 10.2. The van der Waals surface area contributed by atoms with Crippen molar-refractivity contribution in [2.75, 3.05) is 26.9 Å². The molecule has 0 aliphatic rings. The Morgan fingerprint density at radius 3 is 2.73 bits per heavy atom. The highest BCUT2D eigenvalue weighted by Gasteiger charge is 2.14. The van der Waals surface area contributed by atoms with Crippen molar-refractivity contribution in [2.24, 2.45) is 0 Å². The summed E-state index contributed by atoms with van der Waals surface area (Å²) in [7, 11) is 1.59. The van der Waals surface area contributed by atoms with Gasteiger partial charge in [0.2, 0.25) is 5.88 Å². The molecule has 4 rings (SSSR count). The molecule has 0 radical (unpaired) electrons. The van der Waals surface area contributed by atoms with Crippen LogP contribution in [0.5, 0.6) is 17.4 Å². The predicted molar refractivity (Wildman–Crippen MR) is 123 cm³/mol. The van der Waals surface area contributed by atoms with E-state index in [-0.39, 0.29) is 25.7 Å². The molecule has 4 aromatic rings. The molecule has 1 amide bonds. The third kappa shape index (κ3) is 5.44. The Morgan fingerprint density at radius 2 is 1.88 bits per heavy atom. The molecule has 2 aromatic carbocycles. The van der Waals surface area contributed by atoms with Gasteiger partial charge in [-0.1, -0.05) is 35.3 Å². The zero-order valence-electron chi connectivity index (χ0n) is 17.5. The second-order valence-corrected chi connectivity index (χ2v) is 7.57. The van der Waals surface area contributed by atoms with Gasteiger partial charge >= 0.3 is 0 Å². The smallest absolute Gasteiger partial charge is 0.258 e. The van der Waals surface area contributed by atoms with Crippen molar-refractivity contribution in [1.82, 2.24) is 25.1 Å². The van der Waals surface area contributed by atoms with Crippen LogP contribution in [0.2, 0.25) is 10.0 Å². The molecule has 0 unspecified atom stereocenters. The average molecular weight is 488 g/mol. The van der Waals surface area contributed by atoms with E-state index in [9.17, 15) is 4.79 Å². The van der Waals surface area contributed by atoms with Gasteiger partial charge in [0.1, 0.15) is 18.1 Å². The lowest BCUT2D eigenvalue weighted by Gasteiger charge is -2.10. The maximum atomic E-state index is 12.0. The van der Waals surface area contributed by atoms with Crippen LogP contribution in [-0.2, 0) is 4.79 Å². The third-order valence-electron chi connectivity index (χ3n) is 4.51. The molecule has 0 fully saturated rings. The summed E-state index contributed by atoms with van der Waals surface area (Å²) in [6.45, 7) is 0.258. The Balaban J connectivity index is 1.32. The summed E-state index contributed by atoms with van der Waals surface area (Å²) in [5.74, 6) is 1.56. The van der Waals surface area contributed by atoms with Crippen molar-refractivity contribution in [2.45, 2.75) is 0 Å². The number of aromatic nitrogens is 4. The van der Waals surface area contributed by atoms with Crippen LogP contribution in [0.25, 0.3) is 17.0 Å². The lowest BCUT2D eigenvalue weighted by molar-refractivity contribution is -0.123. The maximum absolute atomic E-state index is 12.0. The Bertz CT molecular complexity index is 1280. The normalized spacial score (nSPS) is 10.8. The minimum absolute atomic E-state index is 0.201. The van der Waals surface area contributed by atoms with Gasteiger partial charge in [-0.25, -0.2) is 0 Å². The molecular weight excluding hydrogens is 469 g/mol. The summed E-state index contributed by atoms with van der Waals surface area (Å²) < 4.78 is 18.0. The zero-order chi connectivity index (χ0) is 23.2. The molecule has 0 saturated carbocycles. The van der Waals surface area contributed by atoms with E-state index in [1.807, 2.05) is 24.3 Å². The number of carbonyl (C=O) groups is 1. The van der Waals surface area contributed by atoms with Crippen LogP contribution in [0.1, 0.15) is 0 Å². The molecule has 2 aromatic heterocycles. The number of rotatable bonds is 9. The summed E-state index contributed by atoms with van der Waals surface area (Å²) in [5, 5.41) is 16.3. The third-order valence-corrected chi connectivity index (χ3v) is 5.06. The van der Waals surface area contributed by atoms with Gasteiger partial charge in [-0.3, -0.25) is 4.79 Å². The van der Waals surface area contributed by atoms with E-state index in [1.54, 1.807) is 42.0 Å². The summed E-state index contributed by atoms with van der Waals surface area (Å²) >= 11 is 11.9. The molecular formula is C22H19Cl2N5O4. The van der Waals surface area contributed by atoms with Crippen LogP contribution in [0, 0.1) is 0 Å². The van der Waals surface area contributed by atoms with Gasteiger partial charge in [-0.05, 0) is 30.3 Å². The van der Waals surface area contributed by atoms with Gasteiger partial charge in [0.25, 0.3) is 5.91 Å². The van der Waals surface area contributed by atoms with Gasteiger partial charge in [-0.2, -0.15) is 4.52 Å². The van der Waals surface area contributed by atoms with Crippen LogP contribution in [-0.4, -0.2) is 52.6 Å². The Morgan fingerprint density at radius 1 is 1.03 bits per heavy atom. The fourth-order valence-electron chi connectivity index (χ4n) is 2.97. The molecule has 0 atom stereocenters. The van der Waals surface area contributed by atoms with Crippen molar-refractivity contribution < 1.29 is 19.0 Å². The molecule has 9 nitrogen and oxygen atoms in total. The van der Waals surface area contributed by atoms with Crippen molar-refractivity contribution >= 4 is 34.8 Å². The standard InChI is InChI=1S/C22H19Cl2N5O4/c1-31-17-5-3-2-4-15(17)22-27-26-19-8-9-21(28-29(19)22)32-11-10-25-20(30)13-33-18-12-14(23)6-7-16(18)24/h2-9,12H,10-11,13H2,1H3,(H,25,30). The first-order valence-corrected chi connectivity index (χ1v) is 10.6. The number of hydrogen-bond donors (Lipinski definition) is 1. The van der Waals surface area contributed by atoms with Gasteiger partial charge in [0, 0.05) is 17.2 Å². The van der Waals surface area contributed by atoms with Gasteiger partial charge in [0.05, 0.1) is 24.2 Å². The van der Waals surface area contributed by atoms with Crippen molar-refractivity contribution in [1.29, 1.82) is 0 Å². The molecule has 11 heteroatoms. The SMILES string of the molecule is COc1ccccc1-c1nnc2ccc(OCCNC(=O)COc3cc(Cl)ccc3Cl)nn12. The minimum Gasteiger partial charge on any atom is -0.496 e. The minimum atomic E-state index is -0.324. The van der Waals surface area contributed by atoms with Gasteiger partial charge < -0.3 is 19.5 Å². The molecule has 0 aliphatic heterocycles. The number of methoxy groups -OCH3 is 1. The number of ether oxygens (including phenoxy) is 3. The van der Waals surface area contributed by atoms with Crippen LogP contribution in [0.15, 0.2) is 54.6 Å². The second kappa shape index (κ2) is 10.4. The van der Waals surface area contributed by atoms with Crippen molar-refractivity contribution in [3.05, 3.63) is 64.6 Å². The highest BCUT2D eigenvalue weighted by molar-refractivity contribution is 6.34. The number of halogens is 2. The average Bonchev–Trinajstić information content (AvgIpc) is 3.25. The fraction of sp³-hybridized carbons (Fsp3) is 0.182. The number of amides is 1. The Labute approximate surface area is 199 Å². The van der Waals surface area contributed by atoms with Crippen LogP contribution in [0.4, 0.5) is 0 Å². The van der Waals surface area contributed by atoms with Crippen LogP contribution < -0.4 is 19.5 Å². The van der Waals surface area contributed by atoms with E-state index in [1.165, 1.54) is 0 Å². The van der Waals surface area contributed by atoms with Crippen LogP contribution in [0.3, 0.4) is 0 Å². The number of hydrogen-bond acceptors (Lipinski definition) is 7. The van der Waals surface area contributed by atoms with E-state index < -0.39 is 0 Å². The fourth-order valence-corrected chi connectivity index (χ4v) is 3.31. The maximum Gasteiger partial charge on any atom is 0.258 e. The number of para-hydroxylation sites is 1. The molecule has 0 saturated heterocycles. The molecule has 0 bridgehead atoms. The Kier molecular flexibility index (Phi) is 7.11. The number of benzene rings is 2. The predicted octanol–water partition coefficient (Wildman–Crippen LogP) is 3.68. The Hall–Kier alpha value is -3.56.